The summed E-state index contributed by atoms with van der Waals surface area (Å²) < 4.78 is 30.2. The van der Waals surface area contributed by atoms with Gasteiger partial charge in [0.15, 0.2) is 5.78 Å². The molecule has 0 bridgehead atoms. The molecule has 1 N–H and O–H groups in total. The van der Waals surface area contributed by atoms with E-state index in [2.05, 4.69) is 5.32 Å². The van der Waals surface area contributed by atoms with Gasteiger partial charge in [0.1, 0.15) is 12.3 Å². The number of amides is 1. The van der Waals surface area contributed by atoms with Crippen molar-refractivity contribution in [3.05, 3.63) is 54.1 Å². The van der Waals surface area contributed by atoms with Crippen LogP contribution in [0.2, 0.25) is 0 Å². The lowest BCUT2D eigenvalue weighted by Crippen LogP contribution is -2.37. The minimum Gasteiger partial charge on any atom is -0.497 e. The van der Waals surface area contributed by atoms with Gasteiger partial charge in [-0.2, -0.15) is 0 Å². The number of hydrogen-bond donors (Lipinski definition) is 1. The number of ether oxygens (including phenoxy) is 1. The third kappa shape index (κ3) is 5.06. The van der Waals surface area contributed by atoms with Crippen molar-refractivity contribution in [3.63, 3.8) is 0 Å². The van der Waals surface area contributed by atoms with Crippen LogP contribution in [-0.2, 0) is 14.8 Å². The molecule has 0 aliphatic carbocycles. The highest BCUT2D eigenvalue weighted by Gasteiger charge is 2.21. The summed E-state index contributed by atoms with van der Waals surface area (Å²) in [7, 11) is -2.14. The second-order valence-electron chi connectivity index (χ2n) is 5.65. The van der Waals surface area contributed by atoms with Crippen molar-refractivity contribution in [3.8, 4) is 5.75 Å². The Morgan fingerprint density at radius 1 is 1.04 bits per heavy atom. The quantitative estimate of drug-likeness (QED) is 0.749. The maximum absolute atomic E-state index is 12.3. The van der Waals surface area contributed by atoms with Crippen LogP contribution in [0.5, 0.6) is 5.75 Å². The van der Waals surface area contributed by atoms with Crippen LogP contribution in [0.25, 0.3) is 0 Å². The Morgan fingerprint density at radius 3 is 2.08 bits per heavy atom. The number of rotatable bonds is 7. The Hall–Kier alpha value is -2.87. The van der Waals surface area contributed by atoms with E-state index < -0.39 is 15.9 Å². The van der Waals surface area contributed by atoms with Gasteiger partial charge >= 0.3 is 0 Å². The molecule has 8 heteroatoms. The maximum Gasteiger partial charge on any atom is 0.245 e. The van der Waals surface area contributed by atoms with Crippen molar-refractivity contribution in [2.24, 2.45) is 0 Å². The lowest BCUT2D eigenvalue weighted by molar-refractivity contribution is -0.114. The minimum absolute atomic E-state index is 0.125. The van der Waals surface area contributed by atoms with E-state index in [1.165, 1.54) is 38.3 Å². The van der Waals surface area contributed by atoms with Crippen molar-refractivity contribution in [2.75, 3.05) is 29.5 Å². The number of sulfonamides is 1. The van der Waals surface area contributed by atoms with E-state index in [4.69, 9.17) is 4.74 Å². The van der Waals surface area contributed by atoms with Gasteiger partial charge in [-0.15, -0.1) is 0 Å². The van der Waals surface area contributed by atoms with Crippen molar-refractivity contribution >= 4 is 33.1 Å². The first-order valence-electron chi connectivity index (χ1n) is 7.73. The molecule has 26 heavy (non-hydrogen) atoms. The minimum atomic E-state index is -3.68. The zero-order valence-electron chi connectivity index (χ0n) is 14.7. The van der Waals surface area contributed by atoms with Crippen LogP contribution in [-0.4, -0.2) is 40.0 Å². The number of Topliss-reactive ketones (excluding diaryl/α,β-unsaturated/α-hetero) is 1. The maximum atomic E-state index is 12.3. The second kappa shape index (κ2) is 8.01. The summed E-state index contributed by atoms with van der Waals surface area (Å²) >= 11 is 0. The van der Waals surface area contributed by atoms with Crippen molar-refractivity contribution < 1.29 is 22.7 Å². The molecule has 138 valence electrons. The first-order chi connectivity index (χ1) is 12.2. The molecule has 0 fully saturated rings. The highest BCUT2D eigenvalue weighted by Crippen LogP contribution is 2.19. The van der Waals surface area contributed by atoms with E-state index in [-0.39, 0.29) is 12.3 Å². The van der Waals surface area contributed by atoms with Gasteiger partial charge in [0.2, 0.25) is 15.9 Å². The summed E-state index contributed by atoms with van der Waals surface area (Å²) in [6.07, 6.45) is 1.02. The van der Waals surface area contributed by atoms with Gasteiger partial charge in [-0.1, -0.05) is 0 Å². The molecular formula is C18H20N2O5S. The number of carbonyl (C=O) groups excluding carboxylic acids is 2. The average Bonchev–Trinajstić information content (AvgIpc) is 2.59. The van der Waals surface area contributed by atoms with Gasteiger partial charge in [0, 0.05) is 11.3 Å². The summed E-state index contributed by atoms with van der Waals surface area (Å²) in [5.74, 6) is 0.0299. The van der Waals surface area contributed by atoms with Gasteiger partial charge in [-0.3, -0.25) is 13.9 Å². The van der Waals surface area contributed by atoms with Gasteiger partial charge in [0.25, 0.3) is 0 Å². The molecule has 7 nitrogen and oxygen atoms in total. The summed E-state index contributed by atoms with van der Waals surface area (Å²) in [4.78, 5) is 23.6. The van der Waals surface area contributed by atoms with Crippen molar-refractivity contribution in [1.29, 1.82) is 0 Å². The molecule has 2 rings (SSSR count). The molecule has 0 aliphatic heterocycles. The number of methoxy groups -OCH3 is 1. The van der Waals surface area contributed by atoms with Gasteiger partial charge < -0.3 is 10.1 Å². The number of ketones is 1. The Balaban J connectivity index is 2.16. The van der Waals surface area contributed by atoms with E-state index in [1.54, 1.807) is 24.3 Å². The molecule has 0 saturated carbocycles. The van der Waals surface area contributed by atoms with Crippen LogP contribution < -0.4 is 14.4 Å². The Morgan fingerprint density at radius 2 is 1.62 bits per heavy atom. The summed E-state index contributed by atoms with van der Waals surface area (Å²) in [6.45, 7) is 1.04. The Labute approximate surface area is 152 Å². The summed E-state index contributed by atoms with van der Waals surface area (Å²) in [5.41, 5.74) is 1.29. The normalized spacial score (nSPS) is 10.9. The lowest BCUT2D eigenvalue weighted by atomic mass is 10.1. The molecule has 0 saturated heterocycles. The fraction of sp³-hybridized carbons (Fsp3) is 0.222. The zero-order valence-corrected chi connectivity index (χ0v) is 15.5. The fourth-order valence-electron chi connectivity index (χ4n) is 2.27. The molecule has 0 radical (unpaired) electrons. The summed E-state index contributed by atoms with van der Waals surface area (Å²) in [5, 5.41) is 2.64. The van der Waals surface area contributed by atoms with Crippen LogP contribution in [0.3, 0.4) is 0 Å². The van der Waals surface area contributed by atoms with Crippen molar-refractivity contribution in [1.82, 2.24) is 0 Å². The molecule has 0 aliphatic rings. The molecule has 0 unspecified atom stereocenters. The summed E-state index contributed by atoms with van der Waals surface area (Å²) in [6, 6.07) is 12.7. The average molecular weight is 376 g/mol. The highest BCUT2D eigenvalue weighted by molar-refractivity contribution is 7.92. The van der Waals surface area contributed by atoms with E-state index in [0.29, 0.717) is 22.7 Å². The van der Waals surface area contributed by atoms with Gasteiger partial charge in [-0.25, -0.2) is 8.42 Å². The molecular weight excluding hydrogens is 356 g/mol. The molecule has 1 amide bonds. The molecule has 0 aromatic heterocycles. The van der Waals surface area contributed by atoms with E-state index in [1.807, 2.05) is 0 Å². The predicted octanol–water partition coefficient (Wildman–Crippen LogP) is 2.30. The van der Waals surface area contributed by atoms with Crippen LogP contribution in [0, 0.1) is 0 Å². The first-order valence-corrected chi connectivity index (χ1v) is 9.58. The zero-order chi connectivity index (χ0) is 19.3. The first kappa shape index (κ1) is 19.5. The number of carbonyl (C=O) groups is 2. The van der Waals surface area contributed by atoms with Crippen LogP contribution >= 0.6 is 0 Å². The molecule has 2 aromatic rings. The lowest BCUT2D eigenvalue weighted by Gasteiger charge is -2.22. The van der Waals surface area contributed by atoms with E-state index in [0.717, 1.165) is 10.6 Å². The van der Waals surface area contributed by atoms with Gasteiger partial charge in [-0.05, 0) is 55.5 Å². The topological polar surface area (TPSA) is 92.8 Å². The molecule has 0 atom stereocenters. The number of nitrogens with zero attached hydrogens (tertiary/aromatic N) is 1. The van der Waals surface area contributed by atoms with Gasteiger partial charge in [0.05, 0.1) is 19.1 Å². The van der Waals surface area contributed by atoms with E-state index in [9.17, 15) is 18.0 Å². The SMILES string of the molecule is COc1ccc(NC(=O)CN(c2ccc(C(C)=O)cc2)S(C)(=O)=O)cc1. The fourth-order valence-corrected chi connectivity index (χ4v) is 3.12. The molecule has 0 spiro atoms. The Kier molecular flexibility index (Phi) is 5.99. The largest absolute Gasteiger partial charge is 0.497 e. The number of hydrogen-bond acceptors (Lipinski definition) is 5. The Bertz CT molecular complexity index is 890. The van der Waals surface area contributed by atoms with Crippen LogP contribution in [0.4, 0.5) is 11.4 Å². The van der Waals surface area contributed by atoms with Crippen molar-refractivity contribution in [2.45, 2.75) is 6.92 Å². The smallest absolute Gasteiger partial charge is 0.245 e. The number of benzene rings is 2. The standard InChI is InChI=1S/C18H20N2O5S/c1-13(21)14-4-8-16(9-5-14)20(26(3,23)24)12-18(22)19-15-6-10-17(25-2)11-7-15/h4-11H,12H2,1-3H3,(H,19,22). The third-order valence-electron chi connectivity index (χ3n) is 3.62. The second-order valence-corrected chi connectivity index (χ2v) is 7.56. The van der Waals surface area contributed by atoms with Crippen LogP contribution in [0.1, 0.15) is 17.3 Å². The predicted molar refractivity (Wildman–Crippen MR) is 100 cm³/mol. The van der Waals surface area contributed by atoms with E-state index >= 15 is 0 Å². The number of anilines is 2. The molecule has 0 heterocycles. The monoisotopic (exact) mass is 376 g/mol. The van der Waals surface area contributed by atoms with Crippen LogP contribution in [0.15, 0.2) is 48.5 Å². The molecule has 2 aromatic carbocycles. The highest BCUT2D eigenvalue weighted by atomic mass is 32.2. The number of nitrogens with one attached hydrogen (secondary N) is 1. The third-order valence-corrected chi connectivity index (χ3v) is 4.76.